The van der Waals surface area contributed by atoms with E-state index >= 15 is 0 Å². The lowest BCUT2D eigenvalue weighted by atomic mass is 10.1. The highest BCUT2D eigenvalue weighted by Crippen LogP contribution is 2.25. The maximum atomic E-state index is 5.88. The molecule has 0 aliphatic heterocycles. The van der Waals surface area contributed by atoms with Gasteiger partial charge in [-0.15, -0.1) is 0 Å². The van der Waals surface area contributed by atoms with Gasteiger partial charge in [0.1, 0.15) is 17.4 Å². The molecule has 106 valence electrons. The zero-order chi connectivity index (χ0) is 14.7. The van der Waals surface area contributed by atoms with Crippen molar-refractivity contribution in [1.29, 1.82) is 0 Å². The van der Waals surface area contributed by atoms with E-state index in [9.17, 15) is 0 Å². The molecular weight excluding hydrogens is 250 g/mol. The van der Waals surface area contributed by atoms with Crippen molar-refractivity contribution in [2.24, 2.45) is 0 Å². The van der Waals surface area contributed by atoms with E-state index in [1.807, 2.05) is 25.2 Å². The fourth-order valence-corrected chi connectivity index (χ4v) is 1.99. The third-order valence-corrected chi connectivity index (χ3v) is 2.91. The van der Waals surface area contributed by atoms with E-state index in [0.29, 0.717) is 5.88 Å². The second-order valence-corrected chi connectivity index (χ2v) is 5.28. The Hall–Kier alpha value is -2.10. The Balaban J connectivity index is 2.34. The van der Waals surface area contributed by atoms with Gasteiger partial charge in [-0.25, -0.2) is 4.98 Å². The van der Waals surface area contributed by atoms with Crippen LogP contribution in [0.4, 0.5) is 5.82 Å². The molecule has 0 amide bonds. The largest absolute Gasteiger partial charge is 0.439 e. The molecule has 0 unspecified atom stereocenters. The fraction of sp³-hybridized carbons (Fsp3) is 0.375. The molecular formula is C16H21N3O. The van der Waals surface area contributed by atoms with Crippen LogP contribution in [0.2, 0.25) is 0 Å². The number of anilines is 1. The third kappa shape index (κ3) is 3.47. The Labute approximate surface area is 120 Å². The van der Waals surface area contributed by atoms with Gasteiger partial charge in [0.2, 0.25) is 5.88 Å². The van der Waals surface area contributed by atoms with Crippen molar-refractivity contribution < 1.29 is 4.74 Å². The van der Waals surface area contributed by atoms with Crippen LogP contribution in [0.3, 0.4) is 0 Å². The smallest absolute Gasteiger partial charge is 0.224 e. The number of aryl methyl sites for hydroxylation is 2. The second-order valence-electron chi connectivity index (χ2n) is 5.28. The molecule has 1 heterocycles. The number of ether oxygens (including phenoxy) is 1. The summed E-state index contributed by atoms with van der Waals surface area (Å²) in [5.41, 5.74) is 2.35. The minimum atomic E-state index is 0.255. The molecule has 1 aromatic heterocycles. The Morgan fingerprint density at radius 1 is 1.00 bits per heavy atom. The van der Waals surface area contributed by atoms with Gasteiger partial charge in [-0.3, -0.25) is 0 Å². The average Bonchev–Trinajstić information content (AvgIpc) is 2.36. The summed E-state index contributed by atoms with van der Waals surface area (Å²) in [7, 11) is 1.84. The van der Waals surface area contributed by atoms with Crippen LogP contribution in [0.5, 0.6) is 11.6 Å². The topological polar surface area (TPSA) is 47.0 Å². The molecule has 0 fully saturated rings. The van der Waals surface area contributed by atoms with Crippen molar-refractivity contribution in [1.82, 2.24) is 9.97 Å². The van der Waals surface area contributed by atoms with Crippen molar-refractivity contribution in [3.8, 4) is 11.6 Å². The predicted molar refractivity (Wildman–Crippen MR) is 81.7 cm³/mol. The lowest BCUT2D eigenvalue weighted by Gasteiger charge is -2.11. The summed E-state index contributed by atoms with van der Waals surface area (Å²) >= 11 is 0. The van der Waals surface area contributed by atoms with Crippen LogP contribution >= 0.6 is 0 Å². The molecule has 0 aliphatic carbocycles. The van der Waals surface area contributed by atoms with E-state index in [0.717, 1.165) is 17.4 Å². The van der Waals surface area contributed by atoms with E-state index in [-0.39, 0.29) is 5.92 Å². The number of nitrogens with zero attached hydrogens (tertiary/aromatic N) is 2. The first-order chi connectivity index (χ1) is 9.47. The molecule has 0 radical (unpaired) electrons. The molecule has 0 atom stereocenters. The summed E-state index contributed by atoms with van der Waals surface area (Å²) in [6.07, 6.45) is 0. The van der Waals surface area contributed by atoms with Crippen LogP contribution in [-0.4, -0.2) is 17.0 Å². The molecule has 20 heavy (non-hydrogen) atoms. The maximum Gasteiger partial charge on any atom is 0.224 e. The van der Waals surface area contributed by atoms with Crippen LogP contribution in [0.1, 0.15) is 36.7 Å². The third-order valence-electron chi connectivity index (χ3n) is 2.91. The molecule has 2 rings (SSSR count). The standard InChI is InChI=1S/C16H21N3O/c1-10(2)16-18-14(17-5)9-15(19-16)20-13-7-11(3)6-12(4)8-13/h6-10H,1-5H3,(H,17,18,19). The lowest BCUT2D eigenvalue weighted by molar-refractivity contribution is 0.456. The van der Waals surface area contributed by atoms with Crippen molar-refractivity contribution in [2.45, 2.75) is 33.6 Å². The quantitative estimate of drug-likeness (QED) is 0.911. The van der Waals surface area contributed by atoms with E-state index in [1.54, 1.807) is 0 Å². The summed E-state index contributed by atoms with van der Waals surface area (Å²) < 4.78 is 5.88. The predicted octanol–water partition coefficient (Wildman–Crippen LogP) is 4.05. The molecule has 0 spiro atoms. The van der Waals surface area contributed by atoms with Gasteiger partial charge in [0.15, 0.2) is 0 Å². The van der Waals surface area contributed by atoms with Gasteiger partial charge >= 0.3 is 0 Å². The molecule has 4 heteroatoms. The summed E-state index contributed by atoms with van der Waals surface area (Å²) in [5, 5.41) is 3.04. The first-order valence-corrected chi connectivity index (χ1v) is 6.81. The Kier molecular flexibility index (Phi) is 4.23. The van der Waals surface area contributed by atoms with Crippen LogP contribution < -0.4 is 10.1 Å². The number of hydrogen-bond acceptors (Lipinski definition) is 4. The van der Waals surface area contributed by atoms with Gasteiger partial charge in [0.05, 0.1) is 0 Å². The maximum absolute atomic E-state index is 5.88. The zero-order valence-corrected chi connectivity index (χ0v) is 12.7. The number of hydrogen-bond donors (Lipinski definition) is 1. The number of nitrogens with one attached hydrogen (secondary N) is 1. The molecule has 1 N–H and O–H groups in total. The van der Waals surface area contributed by atoms with E-state index in [2.05, 4.69) is 49.0 Å². The molecule has 4 nitrogen and oxygen atoms in total. The molecule has 0 aliphatic rings. The van der Waals surface area contributed by atoms with E-state index in [4.69, 9.17) is 4.74 Å². The Bertz CT molecular complexity index is 588. The van der Waals surface area contributed by atoms with Crippen LogP contribution in [0.25, 0.3) is 0 Å². The summed E-state index contributed by atoms with van der Waals surface area (Å²) in [6, 6.07) is 7.93. The first-order valence-electron chi connectivity index (χ1n) is 6.81. The highest BCUT2D eigenvalue weighted by molar-refractivity contribution is 5.41. The molecule has 2 aromatic rings. The fourth-order valence-electron chi connectivity index (χ4n) is 1.99. The lowest BCUT2D eigenvalue weighted by Crippen LogP contribution is -2.03. The van der Waals surface area contributed by atoms with Crippen molar-refractivity contribution in [3.05, 3.63) is 41.2 Å². The van der Waals surface area contributed by atoms with Crippen LogP contribution in [0.15, 0.2) is 24.3 Å². The van der Waals surface area contributed by atoms with Gasteiger partial charge < -0.3 is 10.1 Å². The number of benzene rings is 1. The summed E-state index contributed by atoms with van der Waals surface area (Å²) in [5.74, 6) is 3.17. The molecule has 0 bridgehead atoms. The minimum absolute atomic E-state index is 0.255. The van der Waals surface area contributed by atoms with E-state index in [1.165, 1.54) is 11.1 Å². The van der Waals surface area contributed by atoms with E-state index < -0.39 is 0 Å². The average molecular weight is 271 g/mol. The Morgan fingerprint density at radius 2 is 1.65 bits per heavy atom. The normalized spacial score (nSPS) is 10.7. The van der Waals surface area contributed by atoms with Crippen LogP contribution in [-0.2, 0) is 0 Å². The Morgan fingerprint density at radius 3 is 2.20 bits per heavy atom. The van der Waals surface area contributed by atoms with Gasteiger partial charge in [0, 0.05) is 19.0 Å². The molecule has 0 saturated heterocycles. The second kappa shape index (κ2) is 5.90. The highest BCUT2D eigenvalue weighted by atomic mass is 16.5. The van der Waals surface area contributed by atoms with Gasteiger partial charge in [-0.1, -0.05) is 19.9 Å². The number of aromatic nitrogens is 2. The SMILES string of the molecule is CNc1cc(Oc2cc(C)cc(C)c2)nc(C(C)C)n1. The first kappa shape index (κ1) is 14.3. The highest BCUT2D eigenvalue weighted by Gasteiger charge is 2.09. The van der Waals surface area contributed by atoms with Gasteiger partial charge in [-0.2, -0.15) is 4.98 Å². The van der Waals surface area contributed by atoms with Gasteiger partial charge in [0.25, 0.3) is 0 Å². The van der Waals surface area contributed by atoms with Gasteiger partial charge in [-0.05, 0) is 37.1 Å². The minimum Gasteiger partial charge on any atom is -0.439 e. The van der Waals surface area contributed by atoms with Crippen molar-refractivity contribution >= 4 is 5.82 Å². The summed E-state index contributed by atoms with van der Waals surface area (Å²) in [6.45, 7) is 8.24. The molecule has 0 saturated carbocycles. The van der Waals surface area contributed by atoms with Crippen molar-refractivity contribution in [3.63, 3.8) is 0 Å². The monoisotopic (exact) mass is 271 g/mol. The van der Waals surface area contributed by atoms with Crippen LogP contribution in [0, 0.1) is 13.8 Å². The summed E-state index contributed by atoms with van der Waals surface area (Å²) in [4.78, 5) is 8.89. The molecule has 1 aromatic carbocycles. The van der Waals surface area contributed by atoms with Crippen molar-refractivity contribution in [2.75, 3.05) is 12.4 Å². The zero-order valence-electron chi connectivity index (χ0n) is 12.7. The number of rotatable bonds is 4.